The van der Waals surface area contributed by atoms with Gasteiger partial charge in [0.15, 0.2) is 0 Å². The summed E-state index contributed by atoms with van der Waals surface area (Å²) in [5.41, 5.74) is 3.78. The predicted molar refractivity (Wildman–Crippen MR) is 156 cm³/mol. The predicted octanol–water partition coefficient (Wildman–Crippen LogP) is 5.56. The first kappa shape index (κ1) is 27.1. The standard InChI is InChI=1S/C30H35N5O3S/c1-30(2,3)38-29(37)35-15-13-34(14-16-35)18-21-9-11-23(12-10-21)26-17-24-27(39-26)28(32-20-31-24)33-25(19-36)22-7-5-4-6-8-22/h4-12,17,20,25,36H,13-16,18-19H2,1-3H3,(H,31,32,33). The molecule has 1 atom stereocenters. The summed E-state index contributed by atoms with van der Waals surface area (Å²) in [6, 6.07) is 20.4. The third kappa shape index (κ3) is 6.73. The van der Waals surface area contributed by atoms with Crippen molar-refractivity contribution in [3.63, 3.8) is 0 Å². The normalized spacial score (nSPS) is 15.3. The van der Waals surface area contributed by atoms with Gasteiger partial charge in [0, 0.05) is 37.6 Å². The quantitative estimate of drug-likeness (QED) is 0.314. The maximum absolute atomic E-state index is 12.3. The van der Waals surface area contributed by atoms with E-state index in [9.17, 15) is 9.90 Å². The van der Waals surface area contributed by atoms with Crippen LogP contribution in [0.15, 0.2) is 67.0 Å². The minimum absolute atomic E-state index is 0.0365. The van der Waals surface area contributed by atoms with E-state index in [1.807, 2.05) is 51.1 Å². The number of piperazine rings is 1. The lowest BCUT2D eigenvalue weighted by atomic mass is 10.1. The van der Waals surface area contributed by atoms with E-state index >= 15 is 0 Å². The van der Waals surface area contributed by atoms with E-state index in [-0.39, 0.29) is 18.7 Å². The van der Waals surface area contributed by atoms with Crippen LogP contribution in [0.5, 0.6) is 0 Å². The number of fused-ring (bicyclic) bond motifs is 1. The molecule has 0 saturated carbocycles. The smallest absolute Gasteiger partial charge is 0.410 e. The number of aliphatic hydroxyl groups excluding tert-OH is 1. The highest BCUT2D eigenvalue weighted by molar-refractivity contribution is 7.22. The van der Waals surface area contributed by atoms with Crippen molar-refractivity contribution < 1.29 is 14.6 Å². The topological polar surface area (TPSA) is 90.8 Å². The lowest BCUT2D eigenvalue weighted by Gasteiger charge is -2.35. The molecule has 1 aliphatic rings. The van der Waals surface area contributed by atoms with E-state index in [0.29, 0.717) is 13.1 Å². The number of rotatable bonds is 7. The van der Waals surface area contributed by atoms with Crippen molar-refractivity contribution in [3.05, 3.63) is 78.1 Å². The zero-order valence-corrected chi connectivity index (χ0v) is 23.4. The number of carbonyl (C=O) groups is 1. The van der Waals surface area contributed by atoms with Gasteiger partial charge in [-0.05, 0) is 43.5 Å². The Labute approximate surface area is 233 Å². The molecule has 1 unspecified atom stereocenters. The molecule has 9 heteroatoms. The first-order chi connectivity index (χ1) is 18.8. The van der Waals surface area contributed by atoms with Gasteiger partial charge in [0.2, 0.25) is 0 Å². The summed E-state index contributed by atoms with van der Waals surface area (Å²) in [6.07, 6.45) is 1.33. The summed E-state index contributed by atoms with van der Waals surface area (Å²) in [4.78, 5) is 26.6. The van der Waals surface area contributed by atoms with Gasteiger partial charge in [-0.25, -0.2) is 14.8 Å². The van der Waals surface area contributed by atoms with Crippen LogP contribution in [-0.4, -0.2) is 69.4 Å². The molecule has 2 aromatic carbocycles. The number of ether oxygens (including phenoxy) is 1. The molecular formula is C30H35N5O3S. The minimum Gasteiger partial charge on any atom is -0.444 e. The Morgan fingerprint density at radius 3 is 2.44 bits per heavy atom. The molecule has 1 amide bonds. The molecule has 8 nitrogen and oxygen atoms in total. The molecule has 39 heavy (non-hydrogen) atoms. The fraction of sp³-hybridized carbons (Fsp3) is 0.367. The van der Waals surface area contributed by atoms with Crippen molar-refractivity contribution in [1.29, 1.82) is 0 Å². The highest BCUT2D eigenvalue weighted by atomic mass is 32.1. The molecule has 4 aromatic rings. The number of amides is 1. The summed E-state index contributed by atoms with van der Waals surface area (Å²) in [6.45, 7) is 9.48. The van der Waals surface area contributed by atoms with Gasteiger partial charge in [0.1, 0.15) is 17.7 Å². The molecule has 0 radical (unpaired) electrons. The molecule has 3 heterocycles. The Kier molecular flexibility index (Phi) is 8.11. The highest BCUT2D eigenvalue weighted by Gasteiger charge is 2.26. The number of anilines is 1. The summed E-state index contributed by atoms with van der Waals surface area (Å²) < 4.78 is 6.47. The van der Waals surface area contributed by atoms with E-state index in [1.165, 1.54) is 5.56 Å². The van der Waals surface area contributed by atoms with Crippen molar-refractivity contribution in [1.82, 2.24) is 19.8 Å². The molecule has 1 saturated heterocycles. The second kappa shape index (κ2) is 11.7. The number of aromatic nitrogens is 2. The Hall–Kier alpha value is -3.53. The minimum atomic E-state index is -0.473. The Bertz CT molecular complexity index is 1390. The van der Waals surface area contributed by atoms with Crippen molar-refractivity contribution in [2.24, 2.45) is 0 Å². The zero-order valence-electron chi connectivity index (χ0n) is 22.6. The second-order valence-corrected chi connectivity index (χ2v) is 11.8. The maximum Gasteiger partial charge on any atom is 0.410 e. The third-order valence-corrected chi connectivity index (χ3v) is 7.86. The lowest BCUT2D eigenvalue weighted by Crippen LogP contribution is -2.49. The maximum atomic E-state index is 12.3. The van der Waals surface area contributed by atoms with Gasteiger partial charge in [-0.3, -0.25) is 4.90 Å². The van der Waals surface area contributed by atoms with Gasteiger partial charge < -0.3 is 20.1 Å². The molecule has 2 N–H and O–H groups in total. The molecule has 204 valence electrons. The van der Waals surface area contributed by atoms with Crippen LogP contribution in [0.25, 0.3) is 20.7 Å². The van der Waals surface area contributed by atoms with E-state index < -0.39 is 5.60 Å². The number of thiophene rings is 1. The number of benzene rings is 2. The fourth-order valence-electron chi connectivity index (χ4n) is 4.63. The summed E-state index contributed by atoms with van der Waals surface area (Å²) in [5.74, 6) is 0.723. The molecule has 2 aromatic heterocycles. The largest absolute Gasteiger partial charge is 0.444 e. The molecule has 1 fully saturated rings. The first-order valence-electron chi connectivity index (χ1n) is 13.3. The van der Waals surface area contributed by atoms with Gasteiger partial charge in [-0.15, -0.1) is 11.3 Å². The van der Waals surface area contributed by atoms with E-state index in [2.05, 4.69) is 50.5 Å². The van der Waals surface area contributed by atoms with Crippen molar-refractivity contribution in [2.75, 3.05) is 38.1 Å². The number of aliphatic hydroxyl groups is 1. The molecule has 0 bridgehead atoms. The highest BCUT2D eigenvalue weighted by Crippen LogP contribution is 2.36. The van der Waals surface area contributed by atoms with Crippen LogP contribution >= 0.6 is 11.3 Å². The molecule has 0 spiro atoms. The first-order valence-corrected chi connectivity index (χ1v) is 14.1. The van der Waals surface area contributed by atoms with Gasteiger partial charge >= 0.3 is 6.09 Å². The Balaban J connectivity index is 1.23. The number of carbonyl (C=O) groups excluding carboxylic acids is 1. The molecule has 1 aliphatic heterocycles. The van der Waals surface area contributed by atoms with Crippen LogP contribution in [-0.2, 0) is 11.3 Å². The van der Waals surface area contributed by atoms with Gasteiger partial charge in [-0.1, -0.05) is 54.6 Å². The van der Waals surface area contributed by atoms with Crippen LogP contribution in [0.1, 0.15) is 37.9 Å². The van der Waals surface area contributed by atoms with E-state index in [4.69, 9.17) is 4.74 Å². The number of nitrogens with one attached hydrogen (secondary N) is 1. The Morgan fingerprint density at radius 1 is 1.05 bits per heavy atom. The van der Waals surface area contributed by atoms with Crippen LogP contribution in [0.4, 0.5) is 10.6 Å². The van der Waals surface area contributed by atoms with Crippen LogP contribution in [0.3, 0.4) is 0 Å². The van der Waals surface area contributed by atoms with Gasteiger partial charge in [-0.2, -0.15) is 0 Å². The van der Waals surface area contributed by atoms with Crippen LogP contribution < -0.4 is 5.32 Å². The lowest BCUT2D eigenvalue weighted by molar-refractivity contribution is 0.0139. The van der Waals surface area contributed by atoms with E-state index in [1.54, 1.807) is 22.6 Å². The van der Waals surface area contributed by atoms with Crippen molar-refractivity contribution >= 4 is 33.5 Å². The third-order valence-electron chi connectivity index (χ3n) is 6.68. The average molecular weight is 546 g/mol. The monoisotopic (exact) mass is 545 g/mol. The Morgan fingerprint density at radius 2 is 1.77 bits per heavy atom. The molecule has 5 rings (SSSR count). The van der Waals surface area contributed by atoms with Crippen LogP contribution in [0.2, 0.25) is 0 Å². The summed E-state index contributed by atoms with van der Waals surface area (Å²) in [7, 11) is 0. The fourth-order valence-corrected chi connectivity index (χ4v) is 5.70. The van der Waals surface area contributed by atoms with E-state index in [0.717, 1.165) is 51.7 Å². The summed E-state index contributed by atoms with van der Waals surface area (Å²) in [5, 5.41) is 13.4. The number of hydrogen-bond acceptors (Lipinski definition) is 8. The average Bonchev–Trinajstić information content (AvgIpc) is 3.37. The SMILES string of the molecule is CC(C)(C)OC(=O)N1CCN(Cc2ccc(-c3cc4ncnc(NC(CO)c5ccccc5)c4s3)cc2)CC1. The number of hydrogen-bond donors (Lipinski definition) is 2. The van der Waals surface area contributed by atoms with Crippen LogP contribution in [0, 0.1) is 0 Å². The zero-order chi connectivity index (χ0) is 27.4. The van der Waals surface area contributed by atoms with Crippen molar-refractivity contribution in [2.45, 2.75) is 39.0 Å². The van der Waals surface area contributed by atoms with Gasteiger partial charge in [0.05, 0.1) is 22.9 Å². The van der Waals surface area contributed by atoms with Gasteiger partial charge in [0.25, 0.3) is 0 Å². The second-order valence-electron chi connectivity index (χ2n) is 10.8. The molecular weight excluding hydrogens is 510 g/mol. The van der Waals surface area contributed by atoms with Crippen molar-refractivity contribution in [3.8, 4) is 10.4 Å². The summed E-state index contributed by atoms with van der Waals surface area (Å²) >= 11 is 1.64. The molecule has 0 aliphatic carbocycles. The number of nitrogens with zero attached hydrogens (tertiary/aromatic N) is 4.